The Morgan fingerprint density at radius 3 is 2.24 bits per heavy atom. The van der Waals surface area contributed by atoms with Crippen molar-refractivity contribution < 1.29 is 23.9 Å². The minimum atomic E-state index is -0.988. The third-order valence-electron chi connectivity index (χ3n) is 8.59. The van der Waals surface area contributed by atoms with Crippen LogP contribution in [0, 0.1) is 23.7 Å². The third-order valence-corrected chi connectivity index (χ3v) is 9.09. The highest BCUT2D eigenvalue weighted by atomic mass is 79.9. The van der Waals surface area contributed by atoms with E-state index in [0.29, 0.717) is 33.4 Å². The average molecular weight is 621 g/mol. The number of halogens is 1. The fraction of sp³-hybridized carbons (Fsp3) is 0.206. The van der Waals surface area contributed by atoms with E-state index in [4.69, 9.17) is 9.72 Å². The summed E-state index contributed by atoms with van der Waals surface area (Å²) in [6.45, 7) is 1.56. The van der Waals surface area contributed by atoms with E-state index < -0.39 is 12.1 Å². The normalized spacial score (nSPS) is 23.0. The number of hydrogen-bond acceptors (Lipinski definition) is 6. The summed E-state index contributed by atoms with van der Waals surface area (Å²) in [5, 5.41) is 0.581. The van der Waals surface area contributed by atoms with Crippen molar-refractivity contribution in [2.75, 3.05) is 4.90 Å². The minimum Gasteiger partial charge on any atom is -0.451 e. The van der Waals surface area contributed by atoms with Gasteiger partial charge in [0.2, 0.25) is 17.6 Å². The van der Waals surface area contributed by atoms with E-state index in [1.807, 2.05) is 12.1 Å². The maximum Gasteiger partial charge on any atom is 0.339 e. The molecule has 5 unspecified atom stereocenters. The van der Waals surface area contributed by atoms with Crippen molar-refractivity contribution in [1.29, 1.82) is 0 Å². The molecule has 7 nitrogen and oxygen atoms in total. The summed E-state index contributed by atoms with van der Waals surface area (Å²) >= 11 is 3.47. The molecule has 2 aliphatic carbocycles. The van der Waals surface area contributed by atoms with Crippen molar-refractivity contribution in [3.05, 3.63) is 107 Å². The number of carbonyl (C=O) groups excluding carboxylic acids is 4. The molecule has 1 saturated carbocycles. The Bertz CT molecular complexity index is 1790. The van der Waals surface area contributed by atoms with Crippen LogP contribution in [0.15, 0.2) is 95.5 Å². The standard InChI is InChI=1S/C34H25BrN2O5/c1-18(31(38)20-5-3-2-4-6-20)42-34(41)26-17-28(36-27-14-11-23(35)16-25(26)27)19-9-12-24(13-10-19)37-32(39)29-21-7-8-22(15-21)30(29)33(37)40/h2-14,16-18,21-22,29-30H,15H2,1H3. The highest BCUT2D eigenvalue weighted by Crippen LogP contribution is 2.53. The van der Waals surface area contributed by atoms with Crippen LogP contribution in [0.2, 0.25) is 0 Å². The highest BCUT2D eigenvalue weighted by Gasteiger charge is 2.59. The van der Waals surface area contributed by atoms with Gasteiger partial charge in [0.05, 0.1) is 34.3 Å². The summed E-state index contributed by atoms with van der Waals surface area (Å²) in [4.78, 5) is 58.9. The molecular weight excluding hydrogens is 596 g/mol. The lowest BCUT2D eigenvalue weighted by atomic mass is 9.85. The Labute approximate surface area is 250 Å². The van der Waals surface area contributed by atoms with Gasteiger partial charge in [-0.15, -0.1) is 0 Å². The van der Waals surface area contributed by atoms with Crippen molar-refractivity contribution in [1.82, 2.24) is 4.98 Å². The van der Waals surface area contributed by atoms with Crippen molar-refractivity contribution in [3.8, 4) is 11.3 Å². The zero-order valence-corrected chi connectivity index (χ0v) is 24.2. The van der Waals surface area contributed by atoms with Gasteiger partial charge in [0.25, 0.3) is 0 Å². The predicted octanol–water partition coefficient (Wildman–Crippen LogP) is 6.40. The van der Waals surface area contributed by atoms with Crippen LogP contribution < -0.4 is 4.90 Å². The fourth-order valence-corrected chi connectivity index (χ4v) is 6.93. The molecule has 2 fully saturated rings. The molecular formula is C34H25BrN2O5. The molecule has 8 heteroatoms. The summed E-state index contributed by atoms with van der Waals surface area (Å²) in [6, 6.07) is 22.8. The van der Waals surface area contributed by atoms with Gasteiger partial charge in [0.15, 0.2) is 6.10 Å². The van der Waals surface area contributed by atoms with Crippen LogP contribution in [0.25, 0.3) is 22.2 Å². The van der Waals surface area contributed by atoms with Crippen LogP contribution in [0.5, 0.6) is 0 Å². The number of hydrogen-bond donors (Lipinski definition) is 0. The number of rotatable bonds is 6. The first-order valence-electron chi connectivity index (χ1n) is 13.9. The lowest BCUT2D eigenvalue weighted by Crippen LogP contribution is -2.32. The minimum absolute atomic E-state index is 0.131. The number of fused-ring (bicyclic) bond motifs is 6. The smallest absolute Gasteiger partial charge is 0.339 e. The number of imide groups is 1. The molecule has 7 rings (SSSR count). The number of ether oxygens (including phenoxy) is 1. The van der Waals surface area contributed by atoms with E-state index in [1.165, 1.54) is 4.90 Å². The van der Waals surface area contributed by atoms with Gasteiger partial charge in [0, 0.05) is 21.0 Å². The molecule has 1 saturated heterocycles. The Morgan fingerprint density at radius 1 is 0.905 bits per heavy atom. The first-order chi connectivity index (χ1) is 20.3. The molecule has 0 radical (unpaired) electrons. The number of carbonyl (C=O) groups is 4. The first-order valence-corrected chi connectivity index (χ1v) is 14.7. The molecule has 0 N–H and O–H groups in total. The summed E-state index contributed by atoms with van der Waals surface area (Å²) in [5.41, 5.74) is 3.06. The van der Waals surface area contributed by atoms with Gasteiger partial charge in [-0.25, -0.2) is 9.78 Å². The molecule has 1 aromatic heterocycles. The zero-order valence-electron chi connectivity index (χ0n) is 22.6. The monoisotopic (exact) mass is 620 g/mol. The van der Waals surface area contributed by atoms with E-state index in [1.54, 1.807) is 73.7 Å². The van der Waals surface area contributed by atoms with Gasteiger partial charge < -0.3 is 4.74 Å². The number of allylic oxidation sites excluding steroid dienone is 2. The number of anilines is 1. The molecule has 42 heavy (non-hydrogen) atoms. The van der Waals surface area contributed by atoms with Gasteiger partial charge >= 0.3 is 5.97 Å². The summed E-state index contributed by atoms with van der Waals surface area (Å²) in [7, 11) is 0. The Hall–Kier alpha value is -4.43. The molecule has 2 amide bonds. The van der Waals surface area contributed by atoms with Gasteiger partial charge in [-0.3, -0.25) is 19.3 Å². The number of esters is 1. The SMILES string of the molecule is CC(OC(=O)c1cc(-c2ccc(N3C(=O)C4C5C=CC(C5)C4C3=O)cc2)nc2ccc(Br)cc12)C(=O)c1ccccc1. The molecule has 208 valence electrons. The number of nitrogens with zero attached hydrogens (tertiary/aromatic N) is 2. The number of Topliss-reactive ketones (excluding diaryl/α,β-unsaturated/α-hetero) is 1. The average Bonchev–Trinajstić information content (AvgIpc) is 3.70. The van der Waals surface area contributed by atoms with Crippen LogP contribution >= 0.6 is 15.9 Å². The molecule has 3 aromatic carbocycles. The Kier molecular flexibility index (Phi) is 6.39. The molecule has 2 bridgehead atoms. The second-order valence-electron chi connectivity index (χ2n) is 11.1. The molecule has 2 heterocycles. The number of aromatic nitrogens is 1. The Balaban J connectivity index is 1.19. The number of amides is 2. The fourth-order valence-electron chi connectivity index (χ4n) is 6.57. The zero-order chi connectivity index (χ0) is 29.1. The van der Waals surface area contributed by atoms with Crippen LogP contribution in [-0.2, 0) is 14.3 Å². The molecule has 0 spiro atoms. The second-order valence-corrected chi connectivity index (χ2v) is 12.0. The quantitative estimate of drug-likeness (QED) is 0.107. The maximum atomic E-state index is 13.4. The van der Waals surface area contributed by atoms with Crippen LogP contribution in [0.3, 0.4) is 0 Å². The molecule has 3 aliphatic rings. The largest absolute Gasteiger partial charge is 0.451 e. The third kappa shape index (κ3) is 4.29. The predicted molar refractivity (Wildman–Crippen MR) is 161 cm³/mol. The first kappa shape index (κ1) is 26.5. The molecule has 4 aromatic rings. The lowest BCUT2D eigenvalue weighted by Gasteiger charge is -2.18. The van der Waals surface area contributed by atoms with Crippen LogP contribution in [0.4, 0.5) is 5.69 Å². The highest BCUT2D eigenvalue weighted by molar-refractivity contribution is 9.10. The van der Waals surface area contributed by atoms with Crippen molar-refractivity contribution in [2.24, 2.45) is 23.7 Å². The van der Waals surface area contributed by atoms with E-state index >= 15 is 0 Å². The van der Waals surface area contributed by atoms with Crippen molar-refractivity contribution in [2.45, 2.75) is 19.4 Å². The number of ketones is 1. The van der Waals surface area contributed by atoms with Crippen LogP contribution in [0.1, 0.15) is 34.1 Å². The lowest BCUT2D eigenvalue weighted by molar-refractivity contribution is -0.123. The summed E-state index contributed by atoms with van der Waals surface area (Å²) in [5.74, 6) is -1.44. The van der Waals surface area contributed by atoms with Crippen molar-refractivity contribution >= 4 is 56.1 Å². The van der Waals surface area contributed by atoms with Gasteiger partial charge in [0.1, 0.15) is 0 Å². The molecule has 1 aliphatic heterocycles. The summed E-state index contributed by atoms with van der Waals surface area (Å²) in [6.07, 6.45) is 4.05. The van der Waals surface area contributed by atoms with E-state index in [0.717, 1.165) is 10.9 Å². The number of pyridine rings is 1. The van der Waals surface area contributed by atoms with Crippen molar-refractivity contribution in [3.63, 3.8) is 0 Å². The topological polar surface area (TPSA) is 93.6 Å². The summed E-state index contributed by atoms with van der Waals surface area (Å²) < 4.78 is 6.41. The maximum absolute atomic E-state index is 13.4. The van der Waals surface area contributed by atoms with E-state index in [-0.39, 0.29) is 46.8 Å². The van der Waals surface area contributed by atoms with E-state index in [9.17, 15) is 19.2 Å². The number of benzene rings is 3. The van der Waals surface area contributed by atoms with Gasteiger partial charge in [-0.1, -0.05) is 70.5 Å². The van der Waals surface area contributed by atoms with Gasteiger partial charge in [-0.2, -0.15) is 0 Å². The second kappa shape index (κ2) is 10.1. The van der Waals surface area contributed by atoms with Crippen LogP contribution in [-0.4, -0.2) is 34.7 Å². The van der Waals surface area contributed by atoms with E-state index in [2.05, 4.69) is 28.1 Å². The van der Waals surface area contributed by atoms with Gasteiger partial charge in [-0.05, 0) is 61.6 Å². The molecule has 5 atom stereocenters. The Morgan fingerprint density at radius 2 is 1.57 bits per heavy atom.